The number of nitrogens with two attached hydrogens (primary N) is 1. The molecule has 1 rings (SSSR count). The lowest BCUT2D eigenvalue weighted by atomic mass is 10.2. The van der Waals surface area contributed by atoms with Crippen LogP contribution in [0.25, 0.3) is 0 Å². The van der Waals surface area contributed by atoms with Crippen LogP contribution in [0, 0.1) is 0 Å². The molecule has 0 fully saturated rings. The van der Waals surface area contributed by atoms with Gasteiger partial charge in [0.25, 0.3) is 0 Å². The van der Waals surface area contributed by atoms with Crippen LogP contribution in [0.3, 0.4) is 0 Å². The van der Waals surface area contributed by atoms with Gasteiger partial charge in [0.1, 0.15) is 0 Å². The second kappa shape index (κ2) is 5.58. The molecule has 0 bridgehead atoms. The van der Waals surface area contributed by atoms with E-state index in [9.17, 15) is 0 Å². The topological polar surface area (TPSA) is 47.3 Å². The number of benzene rings is 1. The molecular formula is C10H14BrClN2O. The minimum atomic E-state index is 0.171. The number of hydrogen-bond donors (Lipinski definition) is 2. The third kappa shape index (κ3) is 3.26. The zero-order valence-electron chi connectivity index (χ0n) is 8.68. The predicted molar refractivity (Wildman–Crippen MR) is 67.8 cm³/mol. The van der Waals surface area contributed by atoms with Gasteiger partial charge in [0.15, 0.2) is 5.75 Å². The van der Waals surface area contributed by atoms with Gasteiger partial charge in [-0.25, -0.2) is 0 Å². The minimum Gasteiger partial charge on any atom is -0.493 e. The first-order valence-corrected chi connectivity index (χ1v) is 5.75. The van der Waals surface area contributed by atoms with Gasteiger partial charge in [-0.3, -0.25) is 0 Å². The number of rotatable bonds is 4. The third-order valence-electron chi connectivity index (χ3n) is 1.97. The Morgan fingerprint density at radius 2 is 2.27 bits per heavy atom. The van der Waals surface area contributed by atoms with Crippen LogP contribution in [0.5, 0.6) is 5.75 Å². The molecule has 15 heavy (non-hydrogen) atoms. The molecule has 5 heteroatoms. The summed E-state index contributed by atoms with van der Waals surface area (Å²) in [6, 6.07) is 3.78. The monoisotopic (exact) mass is 292 g/mol. The van der Waals surface area contributed by atoms with E-state index in [2.05, 4.69) is 21.2 Å². The van der Waals surface area contributed by atoms with Crippen LogP contribution in [0.1, 0.15) is 6.92 Å². The molecule has 0 aromatic heterocycles. The predicted octanol–water partition coefficient (Wildman–Crippen LogP) is 2.87. The summed E-state index contributed by atoms with van der Waals surface area (Å²) < 4.78 is 6.09. The van der Waals surface area contributed by atoms with E-state index in [1.54, 1.807) is 13.2 Å². The first kappa shape index (κ1) is 12.6. The summed E-state index contributed by atoms with van der Waals surface area (Å²) in [6.45, 7) is 2.54. The van der Waals surface area contributed by atoms with E-state index in [1.807, 2.05) is 13.0 Å². The van der Waals surface area contributed by atoms with Crippen molar-refractivity contribution in [1.29, 1.82) is 0 Å². The number of halogens is 2. The first-order chi connectivity index (χ1) is 7.08. The maximum Gasteiger partial charge on any atom is 0.156 e. The molecule has 0 saturated heterocycles. The highest BCUT2D eigenvalue weighted by atomic mass is 79.9. The fourth-order valence-electron chi connectivity index (χ4n) is 1.20. The number of hydrogen-bond acceptors (Lipinski definition) is 3. The van der Waals surface area contributed by atoms with E-state index in [0.29, 0.717) is 11.6 Å². The molecule has 1 unspecified atom stereocenters. The van der Waals surface area contributed by atoms with Crippen molar-refractivity contribution >= 4 is 33.2 Å². The van der Waals surface area contributed by atoms with E-state index in [4.69, 9.17) is 22.1 Å². The van der Waals surface area contributed by atoms with E-state index in [-0.39, 0.29) is 6.04 Å². The molecule has 0 aliphatic heterocycles. The molecule has 1 atom stereocenters. The van der Waals surface area contributed by atoms with Crippen molar-refractivity contribution in [3.05, 3.63) is 21.6 Å². The average molecular weight is 294 g/mol. The van der Waals surface area contributed by atoms with Crippen LogP contribution in [0.2, 0.25) is 5.02 Å². The third-order valence-corrected chi connectivity index (χ3v) is 2.78. The van der Waals surface area contributed by atoms with Crippen LogP contribution in [0.4, 0.5) is 5.69 Å². The van der Waals surface area contributed by atoms with Crippen LogP contribution in [0.15, 0.2) is 16.6 Å². The largest absolute Gasteiger partial charge is 0.493 e. The molecular weight excluding hydrogens is 279 g/mol. The summed E-state index contributed by atoms with van der Waals surface area (Å²) in [4.78, 5) is 0. The maximum absolute atomic E-state index is 5.95. The number of anilines is 1. The molecule has 3 nitrogen and oxygen atoms in total. The van der Waals surface area contributed by atoms with Crippen LogP contribution in [-0.2, 0) is 0 Å². The Bertz CT molecular complexity index is 346. The Hall–Kier alpha value is -0.450. The van der Waals surface area contributed by atoms with Gasteiger partial charge in [-0.1, -0.05) is 11.6 Å². The van der Waals surface area contributed by atoms with Gasteiger partial charge in [-0.05, 0) is 35.0 Å². The van der Waals surface area contributed by atoms with Crippen LogP contribution >= 0.6 is 27.5 Å². The summed E-state index contributed by atoms with van der Waals surface area (Å²) in [5.74, 6) is 0.736. The minimum absolute atomic E-state index is 0.171. The Morgan fingerprint density at radius 1 is 1.60 bits per heavy atom. The van der Waals surface area contributed by atoms with Crippen molar-refractivity contribution in [3.63, 3.8) is 0 Å². The van der Waals surface area contributed by atoms with Gasteiger partial charge in [0.05, 0.1) is 17.3 Å². The summed E-state index contributed by atoms with van der Waals surface area (Å²) in [7, 11) is 1.62. The Morgan fingerprint density at radius 3 is 2.80 bits per heavy atom. The van der Waals surface area contributed by atoms with Gasteiger partial charge >= 0.3 is 0 Å². The Labute approximate surface area is 103 Å². The normalized spacial score (nSPS) is 12.3. The molecule has 0 amide bonds. The summed E-state index contributed by atoms with van der Waals surface area (Å²) in [5, 5.41) is 3.88. The quantitative estimate of drug-likeness (QED) is 0.897. The second-order valence-corrected chi connectivity index (χ2v) is 4.54. The summed E-state index contributed by atoms with van der Waals surface area (Å²) in [5.41, 5.74) is 6.38. The fourth-order valence-corrected chi connectivity index (χ4v) is 2.17. The van der Waals surface area contributed by atoms with Crippen molar-refractivity contribution < 1.29 is 4.74 Å². The van der Waals surface area contributed by atoms with E-state index in [1.165, 1.54) is 0 Å². The Kier molecular flexibility index (Phi) is 4.70. The molecule has 0 spiro atoms. The van der Waals surface area contributed by atoms with E-state index in [0.717, 1.165) is 15.9 Å². The first-order valence-electron chi connectivity index (χ1n) is 4.58. The molecule has 0 radical (unpaired) electrons. The van der Waals surface area contributed by atoms with Gasteiger partial charge in [-0.2, -0.15) is 0 Å². The van der Waals surface area contributed by atoms with Crippen LogP contribution < -0.4 is 15.8 Å². The number of nitrogens with one attached hydrogen (secondary N) is 1. The fraction of sp³-hybridized carbons (Fsp3) is 0.400. The molecule has 0 saturated carbocycles. The smallest absolute Gasteiger partial charge is 0.156 e. The molecule has 84 valence electrons. The lowest BCUT2D eigenvalue weighted by Gasteiger charge is -2.17. The lowest BCUT2D eigenvalue weighted by molar-refractivity contribution is 0.413. The summed E-state index contributed by atoms with van der Waals surface area (Å²) in [6.07, 6.45) is 0. The molecule has 1 aromatic carbocycles. The standard InChI is InChI=1S/C10H14BrClN2O/c1-6(5-13)14-9-4-7(12)3-8(11)10(9)15-2/h3-4,6,14H,5,13H2,1-2H3. The van der Waals surface area contributed by atoms with Crippen LogP contribution in [-0.4, -0.2) is 19.7 Å². The van der Waals surface area contributed by atoms with Gasteiger partial charge < -0.3 is 15.8 Å². The highest BCUT2D eigenvalue weighted by Crippen LogP contribution is 2.36. The molecule has 0 aliphatic carbocycles. The zero-order chi connectivity index (χ0) is 11.4. The molecule has 1 aromatic rings. The number of methoxy groups -OCH3 is 1. The van der Waals surface area contributed by atoms with Crippen molar-refractivity contribution in [2.24, 2.45) is 5.73 Å². The SMILES string of the molecule is COc1c(Br)cc(Cl)cc1NC(C)CN. The van der Waals surface area contributed by atoms with Crippen molar-refractivity contribution in [2.75, 3.05) is 19.0 Å². The summed E-state index contributed by atoms with van der Waals surface area (Å²) >= 11 is 9.34. The zero-order valence-corrected chi connectivity index (χ0v) is 11.0. The van der Waals surface area contributed by atoms with Crippen molar-refractivity contribution in [3.8, 4) is 5.75 Å². The Balaban J connectivity index is 3.03. The lowest BCUT2D eigenvalue weighted by Crippen LogP contribution is -2.25. The van der Waals surface area contributed by atoms with E-state index >= 15 is 0 Å². The average Bonchev–Trinajstić information content (AvgIpc) is 2.17. The van der Waals surface area contributed by atoms with Gasteiger partial charge in [-0.15, -0.1) is 0 Å². The van der Waals surface area contributed by atoms with Crippen molar-refractivity contribution in [2.45, 2.75) is 13.0 Å². The molecule has 0 aliphatic rings. The second-order valence-electron chi connectivity index (χ2n) is 3.25. The maximum atomic E-state index is 5.95. The van der Waals surface area contributed by atoms with Gasteiger partial charge in [0, 0.05) is 17.6 Å². The molecule has 0 heterocycles. The highest BCUT2D eigenvalue weighted by molar-refractivity contribution is 9.10. The van der Waals surface area contributed by atoms with E-state index < -0.39 is 0 Å². The highest BCUT2D eigenvalue weighted by Gasteiger charge is 2.10. The molecule has 3 N–H and O–H groups in total. The number of ether oxygens (including phenoxy) is 1. The van der Waals surface area contributed by atoms with Crippen molar-refractivity contribution in [1.82, 2.24) is 0 Å². The van der Waals surface area contributed by atoms with Gasteiger partial charge in [0.2, 0.25) is 0 Å².